The molecule has 0 amide bonds. The number of hydrogen-bond donors (Lipinski definition) is 1. The van der Waals surface area contributed by atoms with Crippen LogP contribution >= 0.6 is 0 Å². The Labute approximate surface area is 108 Å². The SMILES string of the molecule is CCC(C)(C)C(=O)Oc1ccc(OCCN)cc1. The molecule has 1 aromatic rings. The lowest BCUT2D eigenvalue weighted by atomic mass is 9.91. The number of esters is 1. The lowest BCUT2D eigenvalue weighted by Gasteiger charge is -2.20. The molecule has 0 saturated carbocycles. The summed E-state index contributed by atoms with van der Waals surface area (Å²) in [7, 11) is 0. The molecule has 1 aromatic carbocycles. The molecule has 0 aliphatic carbocycles. The van der Waals surface area contributed by atoms with Gasteiger partial charge >= 0.3 is 5.97 Å². The molecule has 1 rings (SSSR count). The minimum Gasteiger partial charge on any atom is -0.492 e. The standard InChI is InChI=1S/C14H21NO3/c1-4-14(2,3)13(16)18-12-7-5-11(6-8-12)17-10-9-15/h5-8H,4,9-10,15H2,1-3H3. The summed E-state index contributed by atoms with van der Waals surface area (Å²) in [6.07, 6.45) is 0.740. The summed E-state index contributed by atoms with van der Waals surface area (Å²) >= 11 is 0. The molecule has 100 valence electrons. The molecule has 0 aromatic heterocycles. The Kier molecular flexibility index (Phi) is 5.16. The van der Waals surface area contributed by atoms with Crippen LogP contribution in [0.1, 0.15) is 27.2 Å². The molecule has 0 fully saturated rings. The molecule has 0 heterocycles. The first-order chi connectivity index (χ1) is 8.49. The molecular formula is C14H21NO3. The van der Waals surface area contributed by atoms with Crippen molar-refractivity contribution in [3.8, 4) is 11.5 Å². The number of benzene rings is 1. The van der Waals surface area contributed by atoms with Gasteiger partial charge in [-0.1, -0.05) is 6.92 Å². The van der Waals surface area contributed by atoms with Crippen LogP contribution in [-0.2, 0) is 4.79 Å². The molecule has 0 saturated heterocycles. The molecule has 0 bridgehead atoms. The molecule has 4 nitrogen and oxygen atoms in total. The summed E-state index contributed by atoms with van der Waals surface area (Å²) in [6, 6.07) is 6.96. The van der Waals surface area contributed by atoms with Crippen molar-refractivity contribution in [2.24, 2.45) is 11.1 Å². The third-order valence-corrected chi connectivity index (χ3v) is 2.86. The summed E-state index contributed by atoms with van der Waals surface area (Å²) in [5.41, 5.74) is 4.88. The lowest BCUT2D eigenvalue weighted by molar-refractivity contribution is -0.144. The maximum atomic E-state index is 11.9. The average molecular weight is 251 g/mol. The van der Waals surface area contributed by atoms with Gasteiger partial charge in [0.1, 0.15) is 18.1 Å². The van der Waals surface area contributed by atoms with Crippen molar-refractivity contribution in [2.75, 3.05) is 13.2 Å². The Bertz CT molecular complexity index is 385. The third-order valence-electron chi connectivity index (χ3n) is 2.86. The maximum Gasteiger partial charge on any atom is 0.316 e. The van der Waals surface area contributed by atoms with E-state index in [1.54, 1.807) is 24.3 Å². The average Bonchev–Trinajstić information content (AvgIpc) is 2.37. The van der Waals surface area contributed by atoms with Gasteiger partial charge in [0.15, 0.2) is 0 Å². The van der Waals surface area contributed by atoms with Gasteiger partial charge in [-0.05, 0) is 44.5 Å². The van der Waals surface area contributed by atoms with Crippen LogP contribution in [0.3, 0.4) is 0 Å². The second-order valence-electron chi connectivity index (χ2n) is 4.74. The molecule has 2 N–H and O–H groups in total. The zero-order valence-corrected chi connectivity index (χ0v) is 11.2. The summed E-state index contributed by atoms with van der Waals surface area (Å²) in [4.78, 5) is 11.9. The molecule has 0 unspecified atom stereocenters. The van der Waals surface area contributed by atoms with Gasteiger partial charge in [-0.15, -0.1) is 0 Å². The summed E-state index contributed by atoms with van der Waals surface area (Å²) in [5, 5.41) is 0. The van der Waals surface area contributed by atoms with Crippen LogP contribution in [0.2, 0.25) is 0 Å². The molecule has 0 spiro atoms. The highest BCUT2D eigenvalue weighted by atomic mass is 16.5. The molecule has 4 heteroatoms. The van der Waals surface area contributed by atoms with Crippen molar-refractivity contribution in [1.82, 2.24) is 0 Å². The Hall–Kier alpha value is -1.55. The van der Waals surface area contributed by atoms with Crippen molar-refractivity contribution >= 4 is 5.97 Å². The van der Waals surface area contributed by atoms with Crippen LogP contribution in [0.4, 0.5) is 0 Å². The Morgan fingerprint density at radius 3 is 2.28 bits per heavy atom. The number of rotatable bonds is 6. The van der Waals surface area contributed by atoms with E-state index in [0.29, 0.717) is 18.9 Å². The third kappa shape index (κ3) is 4.04. The summed E-state index contributed by atoms with van der Waals surface area (Å²) in [6.45, 7) is 6.65. The normalized spacial score (nSPS) is 11.1. The Balaban J connectivity index is 2.61. The number of carbonyl (C=O) groups is 1. The van der Waals surface area contributed by atoms with Crippen LogP contribution < -0.4 is 15.2 Å². The van der Waals surface area contributed by atoms with Crippen molar-refractivity contribution in [1.29, 1.82) is 0 Å². The van der Waals surface area contributed by atoms with E-state index in [9.17, 15) is 4.79 Å². The summed E-state index contributed by atoms with van der Waals surface area (Å²) in [5.74, 6) is 1.03. The Morgan fingerprint density at radius 2 is 1.78 bits per heavy atom. The number of nitrogens with two attached hydrogens (primary N) is 1. The zero-order chi connectivity index (χ0) is 13.6. The first kappa shape index (κ1) is 14.5. The molecule has 0 aliphatic rings. The number of hydrogen-bond acceptors (Lipinski definition) is 4. The van der Waals surface area contributed by atoms with Crippen molar-refractivity contribution < 1.29 is 14.3 Å². The van der Waals surface area contributed by atoms with E-state index < -0.39 is 5.41 Å². The Morgan fingerprint density at radius 1 is 1.22 bits per heavy atom. The fraction of sp³-hybridized carbons (Fsp3) is 0.500. The van der Waals surface area contributed by atoms with Crippen molar-refractivity contribution in [3.63, 3.8) is 0 Å². The first-order valence-electron chi connectivity index (χ1n) is 6.15. The summed E-state index contributed by atoms with van der Waals surface area (Å²) < 4.78 is 10.6. The highest BCUT2D eigenvalue weighted by molar-refractivity contribution is 5.78. The lowest BCUT2D eigenvalue weighted by Crippen LogP contribution is -2.28. The molecule has 0 aliphatic heterocycles. The second-order valence-corrected chi connectivity index (χ2v) is 4.74. The minimum atomic E-state index is -0.464. The van der Waals surface area contributed by atoms with Gasteiger partial charge in [-0.25, -0.2) is 0 Å². The molecular weight excluding hydrogens is 230 g/mol. The topological polar surface area (TPSA) is 61.5 Å². The molecule has 0 atom stereocenters. The predicted molar refractivity (Wildman–Crippen MR) is 70.7 cm³/mol. The smallest absolute Gasteiger partial charge is 0.316 e. The monoisotopic (exact) mass is 251 g/mol. The quantitative estimate of drug-likeness (QED) is 0.623. The van der Waals surface area contributed by atoms with Gasteiger partial charge in [-0.3, -0.25) is 4.79 Å². The van der Waals surface area contributed by atoms with Crippen molar-refractivity contribution in [2.45, 2.75) is 27.2 Å². The van der Waals surface area contributed by atoms with Crippen LogP contribution in [0.15, 0.2) is 24.3 Å². The maximum absolute atomic E-state index is 11.9. The zero-order valence-electron chi connectivity index (χ0n) is 11.2. The van der Waals surface area contributed by atoms with E-state index in [2.05, 4.69) is 0 Å². The predicted octanol–water partition coefficient (Wildman–Crippen LogP) is 2.37. The van der Waals surface area contributed by atoms with Gasteiger partial charge in [0.2, 0.25) is 0 Å². The van der Waals surface area contributed by atoms with Crippen LogP contribution in [0.25, 0.3) is 0 Å². The fourth-order valence-corrected chi connectivity index (χ4v) is 1.17. The highest BCUT2D eigenvalue weighted by Crippen LogP contribution is 2.24. The second kappa shape index (κ2) is 6.40. The van der Waals surface area contributed by atoms with Gasteiger partial charge in [0.25, 0.3) is 0 Å². The van der Waals surface area contributed by atoms with Gasteiger partial charge in [0, 0.05) is 6.54 Å². The van der Waals surface area contributed by atoms with E-state index in [0.717, 1.165) is 12.2 Å². The van der Waals surface area contributed by atoms with Crippen LogP contribution in [0, 0.1) is 5.41 Å². The van der Waals surface area contributed by atoms with Crippen molar-refractivity contribution in [3.05, 3.63) is 24.3 Å². The first-order valence-corrected chi connectivity index (χ1v) is 6.15. The largest absolute Gasteiger partial charge is 0.492 e. The van der Waals surface area contributed by atoms with Gasteiger partial charge < -0.3 is 15.2 Å². The van der Waals surface area contributed by atoms with E-state index in [1.807, 2.05) is 20.8 Å². The van der Waals surface area contributed by atoms with E-state index >= 15 is 0 Å². The van der Waals surface area contributed by atoms with E-state index in [-0.39, 0.29) is 5.97 Å². The van der Waals surface area contributed by atoms with Gasteiger partial charge in [0.05, 0.1) is 5.41 Å². The number of ether oxygens (including phenoxy) is 2. The van der Waals surface area contributed by atoms with Crippen LogP contribution in [-0.4, -0.2) is 19.1 Å². The van der Waals surface area contributed by atoms with Gasteiger partial charge in [-0.2, -0.15) is 0 Å². The van der Waals surface area contributed by atoms with E-state index in [4.69, 9.17) is 15.2 Å². The van der Waals surface area contributed by atoms with Crippen LogP contribution in [0.5, 0.6) is 11.5 Å². The number of carbonyl (C=O) groups excluding carboxylic acids is 1. The molecule has 18 heavy (non-hydrogen) atoms. The fourth-order valence-electron chi connectivity index (χ4n) is 1.17. The van der Waals surface area contributed by atoms with E-state index in [1.165, 1.54) is 0 Å². The minimum absolute atomic E-state index is 0.222. The molecule has 0 radical (unpaired) electrons. The highest BCUT2D eigenvalue weighted by Gasteiger charge is 2.27.